The Bertz CT molecular complexity index is 870. The fourth-order valence-electron chi connectivity index (χ4n) is 3.02. The first-order chi connectivity index (χ1) is 14.2. The third kappa shape index (κ3) is 6.57. The third-order valence-electron chi connectivity index (χ3n) is 4.66. The van der Waals surface area contributed by atoms with Crippen LogP contribution in [0.5, 0.6) is 5.75 Å². The minimum atomic E-state index is -0.439. The third-order valence-corrected chi connectivity index (χ3v) is 5.19. The SMILES string of the molecule is CCCCCCCCOc1ccc(/C=C2/N=C(c3ccc(Br)cc3)OC2=O)cc1. The van der Waals surface area contributed by atoms with Crippen LogP contribution in [-0.4, -0.2) is 18.5 Å². The average Bonchev–Trinajstić information content (AvgIpc) is 3.09. The van der Waals surface area contributed by atoms with E-state index in [-0.39, 0.29) is 0 Å². The lowest BCUT2D eigenvalue weighted by molar-refractivity contribution is -0.129. The lowest BCUT2D eigenvalue weighted by Crippen LogP contribution is -2.05. The molecule has 0 radical (unpaired) electrons. The number of esters is 1. The predicted molar refractivity (Wildman–Crippen MR) is 120 cm³/mol. The summed E-state index contributed by atoms with van der Waals surface area (Å²) in [5.74, 6) is 0.729. The number of aliphatic imine (C=N–C) groups is 1. The number of benzene rings is 2. The van der Waals surface area contributed by atoms with Gasteiger partial charge in [-0.1, -0.05) is 67.1 Å². The van der Waals surface area contributed by atoms with E-state index in [0.29, 0.717) is 11.6 Å². The van der Waals surface area contributed by atoms with E-state index in [1.54, 1.807) is 6.08 Å². The first kappa shape index (κ1) is 21.3. The van der Waals surface area contributed by atoms with Gasteiger partial charge >= 0.3 is 5.97 Å². The molecule has 0 aromatic heterocycles. The summed E-state index contributed by atoms with van der Waals surface area (Å²) in [5.41, 5.74) is 1.94. The second kappa shape index (κ2) is 11.0. The maximum Gasteiger partial charge on any atom is 0.363 e. The standard InChI is InChI=1S/C24H26BrNO3/c1-2-3-4-5-6-7-16-28-21-14-8-18(9-15-21)17-22-24(27)29-23(26-22)19-10-12-20(25)13-11-19/h8-15,17H,2-7,16H2,1H3/b22-17+. The second-order valence-corrected chi connectivity index (χ2v) is 7.94. The molecule has 2 aromatic carbocycles. The number of carbonyl (C=O) groups is 1. The van der Waals surface area contributed by atoms with Crippen molar-refractivity contribution in [2.24, 2.45) is 4.99 Å². The van der Waals surface area contributed by atoms with Crippen LogP contribution in [0.15, 0.2) is 63.7 Å². The van der Waals surface area contributed by atoms with Crippen LogP contribution in [-0.2, 0) is 9.53 Å². The van der Waals surface area contributed by atoms with Gasteiger partial charge in [0.1, 0.15) is 5.75 Å². The molecule has 1 aliphatic rings. The molecule has 3 rings (SSSR count). The predicted octanol–water partition coefficient (Wildman–Crippen LogP) is 6.53. The van der Waals surface area contributed by atoms with Crippen molar-refractivity contribution in [2.75, 3.05) is 6.61 Å². The monoisotopic (exact) mass is 455 g/mol. The number of cyclic esters (lactones) is 1. The highest BCUT2D eigenvalue weighted by Crippen LogP contribution is 2.21. The summed E-state index contributed by atoms with van der Waals surface area (Å²) in [6, 6.07) is 15.2. The summed E-state index contributed by atoms with van der Waals surface area (Å²) in [6.07, 6.45) is 9.20. The molecule has 0 saturated heterocycles. The Morgan fingerprint density at radius 3 is 2.38 bits per heavy atom. The number of rotatable bonds is 10. The highest BCUT2D eigenvalue weighted by atomic mass is 79.9. The van der Waals surface area contributed by atoms with Crippen LogP contribution >= 0.6 is 15.9 Å². The summed E-state index contributed by atoms with van der Waals surface area (Å²) in [5, 5.41) is 0. The van der Waals surface area contributed by atoms with Gasteiger partial charge in [0.2, 0.25) is 5.90 Å². The number of unbranched alkanes of at least 4 members (excludes halogenated alkanes) is 5. The zero-order valence-corrected chi connectivity index (χ0v) is 18.3. The van der Waals surface area contributed by atoms with Crippen molar-refractivity contribution >= 4 is 33.9 Å². The molecule has 0 unspecified atom stereocenters. The summed E-state index contributed by atoms with van der Waals surface area (Å²) >= 11 is 3.39. The van der Waals surface area contributed by atoms with Gasteiger partial charge in [0.15, 0.2) is 5.70 Å². The minimum absolute atomic E-state index is 0.295. The van der Waals surface area contributed by atoms with Gasteiger partial charge in [0.05, 0.1) is 6.61 Å². The molecule has 0 saturated carbocycles. The van der Waals surface area contributed by atoms with E-state index in [1.807, 2.05) is 48.5 Å². The molecule has 152 valence electrons. The maximum atomic E-state index is 12.1. The zero-order valence-electron chi connectivity index (χ0n) is 16.7. The van der Waals surface area contributed by atoms with Crippen LogP contribution in [0.25, 0.3) is 6.08 Å². The summed E-state index contributed by atoms with van der Waals surface area (Å²) in [7, 11) is 0. The lowest BCUT2D eigenvalue weighted by atomic mass is 10.1. The van der Waals surface area contributed by atoms with Gasteiger partial charge in [-0.25, -0.2) is 9.79 Å². The maximum absolute atomic E-state index is 12.1. The van der Waals surface area contributed by atoms with E-state index < -0.39 is 5.97 Å². The molecule has 5 heteroatoms. The summed E-state index contributed by atoms with van der Waals surface area (Å²) in [6.45, 7) is 2.96. The Kier molecular flexibility index (Phi) is 8.05. The molecule has 2 aromatic rings. The van der Waals surface area contributed by atoms with Crippen LogP contribution in [0, 0.1) is 0 Å². The Morgan fingerprint density at radius 2 is 1.66 bits per heavy atom. The van der Waals surface area contributed by atoms with Crippen LogP contribution in [0.3, 0.4) is 0 Å². The van der Waals surface area contributed by atoms with Crippen molar-refractivity contribution < 1.29 is 14.3 Å². The van der Waals surface area contributed by atoms with Gasteiger partial charge < -0.3 is 9.47 Å². The first-order valence-electron chi connectivity index (χ1n) is 10.2. The fourth-order valence-corrected chi connectivity index (χ4v) is 3.28. The number of nitrogens with zero attached hydrogens (tertiary/aromatic N) is 1. The molecular weight excluding hydrogens is 430 g/mol. The molecule has 1 heterocycles. The van der Waals surface area contributed by atoms with E-state index >= 15 is 0 Å². The lowest BCUT2D eigenvalue weighted by Gasteiger charge is -2.06. The van der Waals surface area contributed by atoms with Gasteiger partial charge in [0, 0.05) is 10.0 Å². The van der Waals surface area contributed by atoms with Crippen molar-refractivity contribution in [2.45, 2.75) is 45.4 Å². The topological polar surface area (TPSA) is 47.9 Å². The Morgan fingerprint density at radius 1 is 0.966 bits per heavy atom. The minimum Gasteiger partial charge on any atom is -0.494 e. The van der Waals surface area contributed by atoms with Crippen LogP contribution in [0.1, 0.15) is 56.6 Å². The number of ether oxygens (including phenoxy) is 2. The zero-order chi connectivity index (χ0) is 20.5. The molecule has 0 fully saturated rings. The highest BCUT2D eigenvalue weighted by Gasteiger charge is 2.24. The highest BCUT2D eigenvalue weighted by molar-refractivity contribution is 9.10. The average molecular weight is 456 g/mol. The molecule has 0 atom stereocenters. The van der Waals surface area contributed by atoms with E-state index in [0.717, 1.165) is 34.4 Å². The van der Waals surface area contributed by atoms with Crippen molar-refractivity contribution in [3.8, 4) is 5.75 Å². The smallest absolute Gasteiger partial charge is 0.363 e. The van der Waals surface area contributed by atoms with Gasteiger partial charge in [-0.15, -0.1) is 0 Å². The fraction of sp³-hybridized carbons (Fsp3) is 0.333. The van der Waals surface area contributed by atoms with Crippen molar-refractivity contribution in [3.63, 3.8) is 0 Å². The normalized spacial score (nSPS) is 14.8. The molecule has 0 amide bonds. The molecule has 1 aliphatic heterocycles. The molecule has 0 aliphatic carbocycles. The first-order valence-corrected chi connectivity index (χ1v) is 11.0. The van der Waals surface area contributed by atoms with E-state index in [2.05, 4.69) is 27.8 Å². The van der Waals surface area contributed by atoms with Gasteiger partial charge in [-0.2, -0.15) is 0 Å². The van der Waals surface area contributed by atoms with Crippen molar-refractivity contribution in [3.05, 3.63) is 69.8 Å². The Labute approximate surface area is 180 Å². The van der Waals surface area contributed by atoms with Crippen LogP contribution in [0.4, 0.5) is 0 Å². The molecule has 0 N–H and O–H groups in total. The molecule has 0 spiro atoms. The Balaban J connectivity index is 1.53. The van der Waals surface area contributed by atoms with Gasteiger partial charge in [-0.05, 0) is 54.5 Å². The molecule has 4 nitrogen and oxygen atoms in total. The van der Waals surface area contributed by atoms with Crippen molar-refractivity contribution in [1.29, 1.82) is 0 Å². The summed E-state index contributed by atoms with van der Waals surface area (Å²) in [4.78, 5) is 16.5. The van der Waals surface area contributed by atoms with Gasteiger partial charge in [-0.3, -0.25) is 0 Å². The van der Waals surface area contributed by atoms with Crippen LogP contribution in [0.2, 0.25) is 0 Å². The molecular formula is C24H26BrNO3. The number of halogens is 1. The van der Waals surface area contributed by atoms with E-state index in [1.165, 1.54) is 32.1 Å². The van der Waals surface area contributed by atoms with E-state index in [4.69, 9.17) is 9.47 Å². The quantitative estimate of drug-likeness (QED) is 0.232. The summed E-state index contributed by atoms with van der Waals surface area (Å²) < 4.78 is 12.1. The number of hydrogen-bond acceptors (Lipinski definition) is 4. The molecule has 29 heavy (non-hydrogen) atoms. The van der Waals surface area contributed by atoms with E-state index in [9.17, 15) is 4.79 Å². The Hall–Kier alpha value is -2.40. The van der Waals surface area contributed by atoms with Crippen LogP contribution < -0.4 is 4.74 Å². The second-order valence-electron chi connectivity index (χ2n) is 7.03. The number of carbonyl (C=O) groups excluding carboxylic acids is 1. The van der Waals surface area contributed by atoms with Crippen molar-refractivity contribution in [1.82, 2.24) is 0 Å². The van der Waals surface area contributed by atoms with Gasteiger partial charge in [0.25, 0.3) is 0 Å². The molecule has 0 bridgehead atoms. The number of hydrogen-bond donors (Lipinski definition) is 0. The largest absolute Gasteiger partial charge is 0.494 e.